The second kappa shape index (κ2) is 5.90. The van der Waals surface area contributed by atoms with Crippen LogP contribution in [0.1, 0.15) is 42.4 Å². The van der Waals surface area contributed by atoms with E-state index < -0.39 is 5.60 Å². The third-order valence-electron chi connectivity index (χ3n) is 3.94. The van der Waals surface area contributed by atoms with Crippen LogP contribution in [0.2, 0.25) is 5.02 Å². The highest BCUT2D eigenvalue weighted by Crippen LogP contribution is 2.41. The average molecular weight is 351 g/mol. The van der Waals surface area contributed by atoms with E-state index in [9.17, 15) is 4.79 Å². The van der Waals surface area contributed by atoms with Gasteiger partial charge in [0.2, 0.25) is 0 Å². The van der Waals surface area contributed by atoms with Crippen molar-refractivity contribution >= 4 is 23.3 Å². The van der Waals surface area contributed by atoms with Gasteiger partial charge in [-0.05, 0) is 32.0 Å². The molecular weight excluding hydrogens is 332 g/mol. The predicted octanol–water partition coefficient (Wildman–Crippen LogP) is 2.69. The molecule has 0 bridgehead atoms. The summed E-state index contributed by atoms with van der Waals surface area (Å²) in [4.78, 5) is 12.5. The van der Waals surface area contributed by atoms with Gasteiger partial charge in [-0.1, -0.05) is 11.6 Å². The number of nitrogen functional groups attached to an aromatic ring is 1. The van der Waals surface area contributed by atoms with Crippen LogP contribution in [0.3, 0.4) is 0 Å². The number of fused-ring (bicyclic) bond motifs is 1. The molecule has 1 atom stereocenters. The van der Waals surface area contributed by atoms with Crippen molar-refractivity contribution in [2.45, 2.75) is 31.9 Å². The van der Waals surface area contributed by atoms with Crippen LogP contribution in [0.5, 0.6) is 11.5 Å². The Hall–Kier alpha value is -2.41. The number of carbonyl (C=O) groups excluding carboxylic acids is 1. The van der Waals surface area contributed by atoms with E-state index in [-0.39, 0.29) is 28.5 Å². The number of hydrogen-bond donors (Lipinski definition) is 3. The van der Waals surface area contributed by atoms with Crippen LogP contribution in [-0.2, 0) is 0 Å². The minimum atomic E-state index is -0.420. The average Bonchev–Trinajstić information content (AvgIpc) is 2.85. The summed E-state index contributed by atoms with van der Waals surface area (Å²) in [6, 6.07) is 5.27. The number of methoxy groups -OCH3 is 1. The molecule has 1 amide bonds. The molecule has 24 heavy (non-hydrogen) atoms. The zero-order valence-electron chi connectivity index (χ0n) is 13.6. The lowest BCUT2D eigenvalue weighted by atomic mass is 9.89. The topological polar surface area (TPSA) is 102 Å². The molecule has 8 heteroatoms. The molecule has 0 saturated heterocycles. The highest BCUT2D eigenvalue weighted by Gasteiger charge is 2.35. The van der Waals surface area contributed by atoms with Crippen LogP contribution in [0.25, 0.3) is 0 Å². The molecule has 0 saturated carbocycles. The summed E-state index contributed by atoms with van der Waals surface area (Å²) >= 11 is 6.00. The summed E-state index contributed by atoms with van der Waals surface area (Å²) in [6.07, 6.45) is 0.597. The lowest BCUT2D eigenvalue weighted by Crippen LogP contribution is -2.41. The van der Waals surface area contributed by atoms with Gasteiger partial charge in [-0.2, -0.15) is 5.10 Å². The molecule has 1 aromatic carbocycles. The molecule has 0 unspecified atom stereocenters. The predicted molar refractivity (Wildman–Crippen MR) is 90.5 cm³/mol. The molecule has 0 radical (unpaired) electrons. The Bertz CT molecular complexity index is 788. The molecular formula is C16H19ClN4O3. The van der Waals surface area contributed by atoms with E-state index in [1.54, 1.807) is 7.11 Å². The third-order valence-corrected chi connectivity index (χ3v) is 4.32. The fraction of sp³-hybridized carbons (Fsp3) is 0.375. The number of rotatable bonds is 3. The molecule has 1 aromatic heterocycles. The Labute approximate surface area is 144 Å². The van der Waals surface area contributed by atoms with E-state index >= 15 is 0 Å². The first-order chi connectivity index (χ1) is 11.3. The highest BCUT2D eigenvalue weighted by molar-refractivity contribution is 6.35. The van der Waals surface area contributed by atoms with E-state index in [0.29, 0.717) is 17.9 Å². The number of nitrogens with one attached hydrogen (secondary N) is 2. The minimum Gasteiger partial charge on any atom is -0.497 e. The molecule has 2 aromatic rings. The van der Waals surface area contributed by atoms with E-state index in [1.807, 2.05) is 32.0 Å². The molecule has 3 rings (SSSR count). The Morgan fingerprint density at radius 1 is 1.54 bits per heavy atom. The van der Waals surface area contributed by atoms with Gasteiger partial charge >= 0.3 is 0 Å². The maximum Gasteiger partial charge on any atom is 0.271 e. The number of carbonyl (C=O) groups is 1. The minimum absolute atomic E-state index is 0.0937. The van der Waals surface area contributed by atoms with Gasteiger partial charge in [-0.15, -0.1) is 0 Å². The number of benzene rings is 1. The lowest BCUT2D eigenvalue weighted by Gasteiger charge is -2.38. The van der Waals surface area contributed by atoms with Gasteiger partial charge < -0.3 is 20.5 Å². The van der Waals surface area contributed by atoms with Gasteiger partial charge in [-0.3, -0.25) is 9.89 Å². The number of ether oxygens (including phenoxy) is 2. The largest absolute Gasteiger partial charge is 0.497 e. The zero-order valence-corrected chi connectivity index (χ0v) is 14.4. The molecule has 1 aliphatic heterocycles. The van der Waals surface area contributed by atoms with Gasteiger partial charge in [0.1, 0.15) is 27.8 Å². The first-order valence-electron chi connectivity index (χ1n) is 7.48. The van der Waals surface area contributed by atoms with Crippen molar-refractivity contribution in [1.29, 1.82) is 0 Å². The fourth-order valence-corrected chi connectivity index (χ4v) is 2.98. The lowest BCUT2D eigenvalue weighted by molar-refractivity contribution is 0.0616. The van der Waals surface area contributed by atoms with E-state index in [1.165, 1.54) is 0 Å². The van der Waals surface area contributed by atoms with E-state index in [2.05, 4.69) is 15.5 Å². The number of amides is 1. The number of anilines is 1. The summed E-state index contributed by atoms with van der Waals surface area (Å²) < 4.78 is 11.3. The van der Waals surface area contributed by atoms with Crippen molar-refractivity contribution in [3.63, 3.8) is 0 Å². The number of halogens is 1. The van der Waals surface area contributed by atoms with Crippen LogP contribution >= 0.6 is 11.6 Å². The van der Waals surface area contributed by atoms with Gasteiger partial charge in [0.05, 0.1) is 13.2 Å². The Balaban J connectivity index is 1.92. The highest BCUT2D eigenvalue weighted by atomic mass is 35.5. The Morgan fingerprint density at radius 2 is 2.29 bits per heavy atom. The molecule has 2 heterocycles. The van der Waals surface area contributed by atoms with Crippen molar-refractivity contribution in [1.82, 2.24) is 15.5 Å². The van der Waals surface area contributed by atoms with E-state index in [4.69, 9.17) is 26.8 Å². The summed E-state index contributed by atoms with van der Waals surface area (Å²) in [5.41, 5.74) is 6.15. The van der Waals surface area contributed by atoms with E-state index in [0.717, 1.165) is 5.56 Å². The molecule has 0 fully saturated rings. The van der Waals surface area contributed by atoms with Crippen LogP contribution in [-0.4, -0.2) is 28.8 Å². The number of nitrogens with two attached hydrogens (primary N) is 1. The molecule has 1 aliphatic rings. The van der Waals surface area contributed by atoms with Crippen molar-refractivity contribution < 1.29 is 14.3 Å². The van der Waals surface area contributed by atoms with Crippen molar-refractivity contribution in [3.05, 3.63) is 34.5 Å². The van der Waals surface area contributed by atoms with Crippen LogP contribution in [0.15, 0.2) is 18.2 Å². The summed E-state index contributed by atoms with van der Waals surface area (Å²) in [5.74, 6) is 1.13. The smallest absolute Gasteiger partial charge is 0.271 e. The van der Waals surface area contributed by atoms with Crippen molar-refractivity contribution in [2.75, 3.05) is 12.8 Å². The van der Waals surface area contributed by atoms with Gasteiger partial charge in [0, 0.05) is 12.0 Å². The molecule has 0 aliphatic carbocycles. The molecule has 128 valence electrons. The number of H-pyrrole nitrogens is 1. The Kier molecular flexibility index (Phi) is 4.04. The van der Waals surface area contributed by atoms with Gasteiger partial charge in [0.15, 0.2) is 5.82 Å². The first-order valence-corrected chi connectivity index (χ1v) is 7.85. The van der Waals surface area contributed by atoms with Crippen molar-refractivity contribution in [3.8, 4) is 11.5 Å². The van der Waals surface area contributed by atoms with Gasteiger partial charge in [0.25, 0.3) is 5.91 Å². The number of aromatic nitrogens is 2. The third kappa shape index (κ3) is 2.99. The van der Waals surface area contributed by atoms with Crippen LogP contribution < -0.4 is 20.5 Å². The zero-order chi connectivity index (χ0) is 17.5. The monoisotopic (exact) mass is 350 g/mol. The first kappa shape index (κ1) is 16.4. The molecule has 4 N–H and O–H groups in total. The fourth-order valence-electron chi connectivity index (χ4n) is 2.81. The number of aromatic amines is 1. The summed E-state index contributed by atoms with van der Waals surface area (Å²) in [6.45, 7) is 3.95. The normalized spacial score (nSPS) is 18.4. The molecule has 7 nitrogen and oxygen atoms in total. The second-order valence-corrected chi connectivity index (χ2v) is 6.67. The second-order valence-electron chi connectivity index (χ2n) is 6.29. The maximum atomic E-state index is 12.5. The summed E-state index contributed by atoms with van der Waals surface area (Å²) in [7, 11) is 1.59. The number of nitrogens with zero attached hydrogens (tertiary/aromatic N) is 1. The van der Waals surface area contributed by atoms with Crippen LogP contribution in [0, 0.1) is 0 Å². The quantitative estimate of drug-likeness (QED) is 0.789. The maximum absolute atomic E-state index is 12.5. The SMILES string of the molecule is COc1ccc2c(c1)[C@H](NC(=O)c1[nH]nc(N)c1Cl)CC(C)(C)O2. The van der Waals surface area contributed by atoms with Crippen LogP contribution in [0.4, 0.5) is 5.82 Å². The molecule has 0 spiro atoms. The van der Waals surface area contributed by atoms with Crippen molar-refractivity contribution in [2.24, 2.45) is 0 Å². The standard InChI is InChI=1S/C16H19ClN4O3/c1-16(2)7-10(9-6-8(23-3)4-5-11(9)24-16)19-15(22)13-12(17)14(18)21-20-13/h4-6,10H,7H2,1-3H3,(H,19,22)(H3,18,20,21)/t10-/m1/s1. The number of hydrogen-bond acceptors (Lipinski definition) is 5. The summed E-state index contributed by atoms with van der Waals surface area (Å²) in [5, 5.41) is 9.38. The van der Waals surface area contributed by atoms with Gasteiger partial charge in [-0.25, -0.2) is 0 Å². The Morgan fingerprint density at radius 3 is 2.92 bits per heavy atom.